The number of rotatable bonds is 5. The molecule has 3 rings (SSSR count). The second-order valence-corrected chi connectivity index (χ2v) is 6.69. The first-order valence-electron chi connectivity index (χ1n) is 7.65. The second kappa shape index (κ2) is 8.19. The van der Waals surface area contributed by atoms with E-state index in [2.05, 4.69) is 21.2 Å². The van der Waals surface area contributed by atoms with Crippen molar-refractivity contribution in [2.75, 3.05) is 5.32 Å². The third-order valence-corrected chi connectivity index (χ3v) is 4.41. The third kappa shape index (κ3) is 4.84. The van der Waals surface area contributed by atoms with Crippen molar-refractivity contribution >= 4 is 39.1 Å². The second-order valence-electron chi connectivity index (χ2n) is 5.37. The predicted molar refractivity (Wildman–Crippen MR) is 104 cm³/mol. The van der Waals surface area contributed by atoms with E-state index < -0.39 is 0 Å². The van der Waals surface area contributed by atoms with Crippen LogP contribution in [0.2, 0.25) is 5.02 Å². The number of ether oxygens (including phenoxy) is 1. The largest absolute Gasteiger partial charge is 0.489 e. The molecule has 0 bridgehead atoms. The van der Waals surface area contributed by atoms with Crippen LogP contribution < -0.4 is 10.1 Å². The maximum atomic E-state index is 12.3. The summed E-state index contributed by atoms with van der Waals surface area (Å²) in [7, 11) is 0. The van der Waals surface area contributed by atoms with Crippen LogP contribution in [0.1, 0.15) is 15.9 Å². The maximum Gasteiger partial charge on any atom is 0.255 e. The molecule has 5 heteroatoms. The van der Waals surface area contributed by atoms with Crippen LogP contribution in [0.25, 0.3) is 0 Å². The molecule has 0 aromatic heterocycles. The molecular formula is C20H15BrClNO2. The van der Waals surface area contributed by atoms with Gasteiger partial charge in [0, 0.05) is 26.3 Å². The van der Waals surface area contributed by atoms with Gasteiger partial charge in [0.25, 0.3) is 5.91 Å². The molecule has 1 N–H and O–H groups in total. The molecule has 1 amide bonds. The summed E-state index contributed by atoms with van der Waals surface area (Å²) >= 11 is 9.49. The molecule has 25 heavy (non-hydrogen) atoms. The van der Waals surface area contributed by atoms with E-state index >= 15 is 0 Å². The van der Waals surface area contributed by atoms with E-state index in [4.69, 9.17) is 16.3 Å². The van der Waals surface area contributed by atoms with E-state index in [1.165, 1.54) is 0 Å². The molecule has 0 saturated carbocycles. The Balaban J connectivity index is 1.61. The molecule has 0 aliphatic carbocycles. The molecule has 0 aliphatic rings. The summed E-state index contributed by atoms with van der Waals surface area (Å²) in [6.07, 6.45) is 0. The zero-order chi connectivity index (χ0) is 17.6. The lowest BCUT2D eigenvalue weighted by Crippen LogP contribution is -2.11. The zero-order valence-corrected chi connectivity index (χ0v) is 15.5. The van der Waals surface area contributed by atoms with Gasteiger partial charge in [-0.25, -0.2) is 0 Å². The smallest absolute Gasteiger partial charge is 0.255 e. The fraction of sp³-hybridized carbons (Fsp3) is 0.0500. The van der Waals surface area contributed by atoms with Crippen LogP contribution >= 0.6 is 27.5 Å². The number of hydrogen-bond acceptors (Lipinski definition) is 2. The normalized spacial score (nSPS) is 10.3. The Morgan fingerprint density at radius 2 is 1.76 bits per heavy atom. The number of carbonyl (C=O) groups excluding carboxylic acids is 1. The van der Waals surface area contributed by atoms with Crippen molar-refractivity contribution in [3.05, 3.63) is 93.4 Å². The van der Waals surface area contributed by atoms with E-state index in [-0.39, 0.29) is 5.91 Å². The molecule has 3 nitrogen and oxygen atoms in total. The summed E-state index contributed by atoms with van der Waals surface area (Å²) in [4.78, 5) is 12.3. The Bertz CT molecular complexity index is 881. The molecule has 0 heterocycles. The first kappa shape index (κ1) is 17.5. The van der Waals surface area contributed by atoms with E-state index in [0.717, 1.165) is 15.7 Å². The minimum atomic E-state index is -0.171. The summed E-state index contributed by atoms with van der Waals surface area (Å²) < 4.78 is 6.63. The minimum Gasteiger partial charge on any atom is -0.489 e. The molecule has 0 radical (unpaired) electrons. The van der Waals surface area contributed by atoms with Gasteiger partial charge in [0.15, 0.2) is 0 Å². The number of carbonyl (C=O) groups is 1. The van der Waals surface area contributed by atoms with Crippen LogP contribution in [0.15, 0.2) is 77.3 Å². The molecule has 3 aromatic rings. The third-order valence-electron chi connectivity index (χ3n) is 3.55. The van der Waals surface area contributed by atoms with E-state index in [1.54, 1.807) is 24.3 Å². The van der Waals surface area contributed by atoms with E-state index in [1.807, 2.05) is 48.5 Å². The molecule has 0 fully saturated rings. The summed E-state index contributed by atoms with van der Waals surface area (Å²) in [6, 6.07) is 22.0. The van der Waals surface area contributed by atoms with Crippen LogP contribution in [0.5, 0.6) is 5.75 Å². The summed E-state index contributed by atoms with van der Waals surface area (Å²) in [5.74, 6) is 0.509. The van der Waals surface area contributed by atoms with Gasteiger partial charge in [0.2, 0.25) is 0 Å². The van der Waals surface area contributed by atoms with Crippen molar-refractivity contribution in [2.45, 2.75) is 6.61 Å². The standard InChI is InChI=1S/C20H15BrClNO2/c21-16-5-3-6-17(12-16)23-20(24)14-8-10-18(11-9-14)25-13-15-4-1-2-7-19(15)22/h1-12H,13H2,(H,23,24). The lowest BCUT2D eigenvalue weighted by Gasteiger charge is -2.09. The highest BCUT2D eigenvalue weighted by Gasteiger charge is 2.07. The van der Waals surface area contributed by atoms with Crippen LogP contribution in [0, 0.1) is 0 Å². The lowest BCUT2D eigenvalue weighted by atomic mass is 10.2. The fourth-order valence-electron chi connectivity index (χ4n) is 2.25. The van der Waals surface area contributed by atoms with Crippen LogP contribution in [0.3, 0.4) is 0 Å². The minimum absolute atomic E-state index is 0.171. The first-order chi connectivity index (χ1) is 12.1. The van der Waals surface area contributed by atoms with Gasteiger partial charge < -0.3 is 10.1 Å². The quantitative estimate of drug-likeness (QED) is 0.559. The van der Waals surface area contributed by atoms with Crippen molar-refractivity contribution in [1.29, 1.82) is 0 Å². The predicted octanol–water partition coefficient (Wildman–Crippen LogP) is 5.93. The molecule has 126 valence electrons. The number of hydrogen-bond donors (Lipinski definition) is 1. The topological polar surface area (TPSA) is 38.3 Å². The van der Waals surface area contributed by atoms with Gasteiger partial charge in [0.05, 0.1) is 0 Å². The number of benzene rings is 3. The highest BCUT2D eigenvalue weighted by atomic mass is 79.9. The van der Waals surface area contributed by atoms with Gasteiger partial charge >= 0.3 is 0 Å². The monoisotopic (exact) mass is 415 g/mol. The molecule has 0 aliphatic heterocycles. The average molecular weight is 417 g/mol. The van der Waals surface area contributed by atoms with Gasteiger partial charge in [-0.3, -0.25) is 4.79 Å². The Kier molecular flexibility index (Phi) is 5.74. The van der Waals surface area contributed by atoms with Gasteiger partial charge in [-0.1, -0.05) is 51.8 Å². The van der Waals surface area contributed by atoms with Crippen molar-refractivity contribution in [3.8, 4) is 5.75 Å². The highest BCUT2D eigenvalue weighted by Crippen LogP contribution is 2.20. The molecule has 3 aromatic carbocycles. The maximum absolute atomic E-state index is 12.3. The Hall–Kier alpha value is -2.30. The highest BCUT2D eigenvalue weighted by molar-refractivity contribution is 9.10. The van der Waals surface area contributed by atoms with Gasteiger partial charge in [-0.15, -0.1) is 0 Å². The van der Waals surface area contributed by atoms with Crippen LogP contribution in [0.4, 0.5) is 5.69 Å². The van der Waals surface area contributed by atoms with Crippen molar-refractivity contribution in [2.24, 2.45) is 0 Å². The molecule has 0 atom stereocenters. The SMILES string of the molecule is O=C(Nc1cccc(Br)c1)c1ccc(OCc2ccccc2Cl)cc1. The van der Waals surface area contributed by atoms with Crippen molar-refractivity contribution in [3.63, 3.8) is 0 Å². The van der Waals surface area contributed by atoms with Crippen LogP contribution in [-0.2, 0) is 6.61 Å². The summed E-state index contributed by atoms with van der Waals surface area (Å²) in [5.41, 5.74) is 2.21. The summed E-state index contributed by atoms with van der Waals surface area (Å²) in [6.45, 7) is 0.378. The first-order valence-corrected chi connectivity index (χ1v) is 8.82. The Morgan fingerprint density at radius 3 is 2.48 bits per heavy atom. The van der Waals surface area contributed by atoms with Gasteiger partial charge in [-0.2, -0.15) is 0 Å². The van der Waals surface area contributed by atoms with Crippen LogP contribution in [-0.4, -0.2) is 5.91 Å². The van der Waals surface area contributed by atoms with Gasteiger partial charge in [0.1, 0.15) is 12.4 Å². The molecular weight excluding hydrogens is 402 g/mol. The number of halogens is 2. The van der Waals surface area contributed by atoms with Gasteiger partial charge in [-0.05, 0) is 48.5 Å². The van der Waals surface area contributed by atoms with E-state index in [0.29, 0.717) is 22.9 Å². The lowest BCUT2D eigenvalue weighted by molar-refractivity contribution is 0.102. The molecule has 0 unspecified atom stereocenters. The summed E-state index contributed by atoms with van der Waals surface area (Å²) in [5, 5.41) is 3.53. The Morgan fingerprint density at radius 1 is 1.00 bits per heavy atom. The Labute approximate surface area is 159 Å². The average Bonchev–Trinajstić information content (AvgIpc) is 2.61. The zero-order valence-electron chi connectivity index (χ0n) is 13.2. The number of anilines is 1. The fourth-order valence-corrected chi connectivity index (χ4v) is 2.84. The van der Waals surface area contributed by atoms with Crippen molar-refractivity contribution in [1.82, 2.24) is 0 Å². The number of amides is 1. The van der Waals surface area contributed by atoms with E-state index in [9.17, 15) is 4.79 Å². The van der Waals surface area contributed by atoms with Crippen molar-refractivity contribution < 1.29 is 9.53 Å². The number of nitrogens with one attached hydrogen (secondary N) is 1. The molecule has 0 saturated heterocycles. The molecule has 0 spiro atoms.